The Labute approximate surface area is 179 Å². The van der Waals surface area contributed by atoms with Gasteiger partial charge in [0.2, 0.25) is 0 Å². The summed E-state index contributed by atoms with van der Waals surface area (Å²) in [6.45, 7) is 0.536. The number of imide groups is 1. The summed E-state index contributed by atoms with van der Waals surface area (Å²) in [4.78, 5) is 39.6. The van der Waals surface area contributed by atoms with Gasteiger partial charge in [0.15, 0.2) is 0 Å². The number of rotatable bonds is 7. The van der Waals surface area contributed by atoms with Gasteiger partial charge in [0.1, 0.15) is 6.04 Å². The minimum absolute atomic E-state index is 0.175. The summed E-state index contributed by atoms with van der Waals surface area (Å²) in [5.41, 5.74) is 10.2. The molecule has 0 spiro atoms. The zero-order valence-corrected chi connectivity index (χ0v) is 17.2. The average molecular weight is 419 g/mol. The predicted octanol–water partition coefficient (Wildman–Crippen LogP) is 1.56. The molecule has 2 aromatic carbocycles. The summed E-state index contributed by atoms with van der Waals surface area (Å²) in [5, 5.41) is 8.75. The second kappa shape index (κ2) is 8.61. The van der Waals surface area contributed by atoms with Crippen LogP contribution in [0.15, 0.2) is 48.7 Å². The summed E-state index contributed by atoms with van der Waals surface area (Å²) in [6, 6.07) is 12.1. The van der Waals surface area contributed by atoms with Crippen molar-refractivity contribution in [2.75, 3.05) is 13.6 Å². The van der Waals surface area contributed by atoms with Crippen LogP contribution in [-0.4, -0.2) is 42.5 Å². The second-order valence-corrected chi connectivity index (χ2v) is 7.69. The molecular formula is C23H25N5O3. The standard InChI is InChI=1S/C23H25N5O3/c1-25-21(29)15-4-2-3-13(9-15)10-18(20-22(30)28-23(31)27-20)14-5-6-19-17(11-14)16(7-8-24)12-26-19/h2-6,9,11-12,18,20,26H,7-8,10,24H2,1H3,(H,25,29)(H2,27,28,30,31). The number of H-pyrrole nitrogens is 1. The van der Waals surface area contributed by atoms with Gasteiger partial charge in [-0.3, -0.25) is 14.9 Å². The van der Waals surface area contributed by atoms with Crippen molar-refractivity contribution in [2.45, 2.75) is 24.8 Å². The smallest absolute Gasteiger partial charge is 0.322 e. The fraction of sp³-hybridized carbons (Fsp3) is 0.261. The fourth-order valence-corrected chi connectivity index (χ4v) is 4.17. The lowest BCUT2D eigenvalue weighted by Gasteiger charge is -2.23. The molecule has 0 radical (unpaired) electrons. The Morgan fingerprint density at radius 3 is 2.74 bits per heavy atom. The highest BCUT2D eigenvalue weighted by Gasteiger charge is 2.37. The molecule has 2 atom stereocenters. The molecule has 1 aliphatic rings. The summed E-state index contributed by atoms with van der Waals surface area (Å²) < 4.78 is 0. The van der Waals surface area contributed by atoms with Crippen LogP contribution in [0.25, 0.3) is 10.9 Å². The van der Waals surface area contributed by atoms with Gasteiger partial charge in [0, 0.05) is 35.6 Å². The first-order valence-electron chi connectivity index (χ1n) is 10.2. The highest BCUT2D eigenvalue weighted by atomic mass is 16.2. The van der Waals surface area contributed by atoms with Gasteiger partial charge < -0.3 is 21.4 Å². The Kier molecular flexibility index (Phi) is 5.73. The van der Waals surface area contributed by atoms with Gasteiger partial charge in [0.05, 0.1) is 0 Å². The number of carbonyl (C=O) groups excluding carboxylic acids is 3. The molecule has 8 heteroatoms. The summed E-state index contributed by atoms with van der Waals surface area (Å²) in [5.74, 6) is -0.837. The van der Waals surface area contributed by atoms with Crippen LogP contribution in [-0.2, 0) is 17.6 Å². The van der Waals surface area contributed by atoms with E-state index in [9.17, 15) is 14.4 Å². The van der Waals surface area contributed by atoms with Crippen molar-refractivity contribution in [3.05, 3.63) is 70.9 Å². The van der Waals surface area contributed by atoms with Crippen molar-refractivity contribution in [1.29, 1.82) is 0 Å². The third kappa shape index (κ3) is 4.15. The Hall–Kier alpha value is -3.65. The Bertz CT molecular complexity index is 1150. The molecule has 160 valence electrons. The Balaban J connectivity index is 1.74. The van der Waals surface area contributed by atoms with Crippen LogP contribution in [0, 0.1) is 0 Å². The van der Waals surface area contributed by atoms with E-state index in [4.69, 9.17) is 5.73 Å². The van der Waals surface area contributed by atoms with Crippen LogP contribution >= 0.6 is 0 Å². The van der Waals surface area contributed by atoms with Gasteiger partial charge in [-0.05, 0) is 60.3 Å². The Morgan fingerprint density at radius 1 is 1.19 bits per heavy atom. The Morgan fingerprint density at radius 2 is 2.03 bits per heavy atom. The van der Waals surface area contributed by atoms with Crippen LogP contribution in [0.2, 0.25) is 0 Å². The van der Waals surface area contributed by atoms with E-state index >= 15 is 0 Å². The zero-order valence-electron chi connectivity index (χ0n) is 17.2. The number of urea groups is 1. The maximum Gasteiger partial charge on any atom is 0.322 e. The van der Waals surface area contributed by atoms with E-state index in [-0.39, 0.29) is 17.7 Å². The first-order chi connectivity index (χ1) is 15.0. The first kappa shape index (κ1) is 20.6. The lowest BCUT2D eigenvalue weighted by molar-refractivity contribution is -0.120. The van der Waals surface area contributed by atoms with E-state index in [0.717, 1.165) is 34.0 Å². The molecule has 8 nitrogen and oxygen atoms in total. The van der Waals surface area contributed by atoms with Gasteiger partial charge in [-0.2, -0.15) is 0 Å². The van der Waals surface area contributed by atoms with E-state index in [2.05, 4.69) is 27.0 Å². The van der Waals surface area contributed by atoms with Crippen molar-refractivity contribution in [3.8, 4) is 0 Å². The molecule has 1 fully saturated rings. The summed E-state index contributed by atoms with van der Waals surface area (Å²) in [6.07, 6.45) is 3.17. The van der Waals surface area contributed by atoms with Crippen molar-refractivity contribution < 1.29 is 14.4 Å². The third-order valence-corrected chi connectivity index (χ3v) is 5.71. The van der Waals surface area contributed by atoms with Gasteiger partial charge in [-0.25, -0.2) is 4.79 Å². The summed E-state index contributed by atoms with van der Waals surface area (Å²) in [7, 11) is 1.58. The lowest BCUT2D eigenvalue weighted by Crippen LogP contribution is -2.36. The molecular weight excluding hydrogens is 394 g/mol. The van der Waals surface area contributed by atoms with Gasteiger partial charge in [-0.15, -0.1) is 0 Å². The van der Waals surface area contributed by atoms with Crippen molar-refractivity contribution >= 4 is 28.7 Å². The molecule has 3 aromatic rings. The monoisotopic (exact) mass is 419 g/mol. The van der Waals surface area contributed by atoms with E-state index < -0.39 is 12.1 Å². The maximum atomic E-state index is 12.5. The minimum atomic E-state index is -0.703. The van der Waals surface area contributed by atoms with Crippen LogP contribution in [0.4, 0.5) is 4.79 Å². The molecule has 2 heterocycles. The molecule has 4 amide bonds. The molecule has 4 rings (SSSR count). The van der Waals surface area contributed by atoms with Gasteiger partial charge >= 0.3 is 6.03 Å². The van der Waals surface area contributed by atoms with Crippen LogP contribution in [0.5, 0.6) is 0 Å². The number of fused-ring (bicyclic) bond motifs is 1. The molecule has 2 unspecified atom stereocenters. The molecule has 0 bridgehead atoms. The number of aromatic amines is 1. The molecule has 6 N–H and O–H groups in total. The number of hydrogen-bond acceptors (Lipinski definition) is 4. The van der Waals surface area contributed by atoms with Crippen LogP contribution in [0.3, 0.4) is 0 Å². The van der Waals surface area contributed by atoms with Crippen molar-refractivity contribution in [3.63, 3.8) is 0 Å². The van der Waals surface area contributed by atoms with E-state index in [1.165, 1.54) is 0 Å². The van der Waals surface area contributed by atoms with Crippen molar-refractivity contribution in [1.82, 2.24) is 20.9 Å². The molecule has 0 aliphatic carbocycles. The van der Waals surface area contributed by atoms with Crippen LogP contribution < -0.4 is 21.7 Å². The van der Waals surface area contributed by atoms with E-state index in [1.807, 2.05) is 36.5 Å². The largest absolute Gasteiger partial charge is 0.361 e. The minimum Gasteiger partial charge on any atom is -0.361 e. The normalized spacial score (nSPS) is 16.8. The van der Waals surface area contributed by atoms with Gasteiger partial charge in [-0.1, -0.05) is 18.2 Å². The first-order valence-corrected chi connectivity index (χ1v) is 10.2. The predicted molar refractivity (Wildman–Crippen MR) is 118 cm³/mol. The van der Waals surface area contributed by atoms with Gasteiger partial charge in [0.25, 0.3) is 11.8 Å². The number of aromatic nitrogens is 1. The third-order valence-electron chi connectivity index (χ3n) is 5.71. The number of amides is 4. The molecule has 31 heavy (non-hydrogen) atoms. The average Bonchev–Trinajstić information content (AvgIpc) is 3.33. The van der Waals surface area contributed by atoms with Crippen LogP contribution in [0.1, 0.15) is 33.0 Å². The SMILES string of the molecule is CNC(=O)c1cccc(CC(c2ccc3[nH]cc(CCN)c3c2)C2NC(=O)NC2=O)c1. The lowest BCUT2D eigenvalue weighted by atomic mass is 9.84. The topological polar surface area (TPSA) is 129 Å². The summed E-state index contributed by atoms with van der Waals surface area (Å²) >= 11 is 0. The molecule has 0 saturated carbocycles. The number of hydrogen-bond donors (Lipinski definition) is 5. The highest BCUT2D eigenvalue weighted by molar-refractivity contribution is 6.04. The number of nitrogens with one attached hydrogen (secondary N) is 4. The number of benzene rings is 2. The van der Waals surface area contributed by atoms with E-state index in [1.54, 1.807) is 13.1 Å². The fourth-order valence-electron chi connectivity index (χ4n) is 4.17. The number of carbonyl (C=O) groups is 3. The van der Waals surface area contributed by atoms with E-state index in [0.29, 0.717) is 18.5 Å². The molecule has 1 saturated heterocycles. The number of nitrogens with two attached hydrogens (primary N) is 1. The second-order valence-electron chi connectivity index (χ2n) is 7.69. The highest BCUT2D eigenvalue weighted by Crippen LogP contribution is 2.30. The zero-order chi connectivity index (χ0) is 22.0. The maximum absolute atomic E-state index is 12.5. The molecule has 1 aliphatic heterocycles. The van der Waals surface area contributed by atoms with Crippen molar-refractivity contribution in [2.24, 2.45) is 5.73 Å². The quantitative estimate of drug-likeness (QED) is 0.372. The molecule has 1 aromatic heterocycles.